The summed E-state index contributed by atoms with van der Waals surface area (Å²) in [4.78, 5) is 0. The summed E-state index contributed by atoms with van der Waals surface area (Å²) in [6.07, 6.45) is 0. The summed E-state index contributed by atoms with van der Waals surface area (Å²) in [5.41, 5.74) is 0.531. The molecule has 0 unspecified atom stereocenters. The molecule has 0 radical (unpaired) electrons. The smallest absolute Gasteiger partial charge is 0.387 e. The van der Waals surface area contributed by atoms with Crippen molar-refractivity contribution in [2.45, 2.75) is 19.7 Å². The summed E-state index contributed by atoms with van der Waals surface area (Å²) in [6.45, 7) is -0.715. The van der Waals surface area contributed by atoms with Crippen molar-refractivity contribution in [3.05, 3.63) is 30.1 Å². The van der Waals surface area contributed by atoms with Crippen molar-refractivity contribution in [3.8, 4) is 17.1 Å². The van der Waals surface area contributed by atoms with Crippen LogP contribution in [0.5, 0.6) is 5.75 Å². The molecule has 0 saturated heterocycles. The Balaban J connectivity index is 2.04. The van der Waals surface area contributed by atoms with Crippen LogP contribution in [-0.4, -0.2) is 27.9 Å². The van der Waals surface area contributed by atoms with E-state index in [0.29, 0.717) is 24.5 Å². The second kappa shape index (κ2) is 4.93. The Bertz CT molecular complexity index is 585. The van der Waals surface area contributed by atoms with Crippen LogP contribution < -0.4 is 10.1 Å². The molecule has 1 aromatic heterocycles. The molecule has 0 fully saturated rings. The zero-order valence-electron chi connectivity index (χ0n) is 10.0. The molecule has 2 aromatic rings. The molecule has 0 aliphatic carbocycles. The number of para-hydroxylation sites is 1. The monoisotopic (exact) mass is 266 g/mol. The number of nitrogens with one attached hydrogen (secondary N) is 1. The summed E-state index contributed by atoms with van der Waals surface area (Å²) < 4.78 is 31.3. The Morgan fingerprint density at radius 2 is 2.11 bits per heavy atom. The van der Waals surface area contributed by atoms with Crippen molar-refractivity contribution < 1.29 is 13.5 Å². The highest BCUT2D eigenvalue weighted by Crippen LogP contribution is 2.30. The highest BCUT2D eigenvalue weighted by atomic mass is 19.3. The van der Waals surface area contributed by atoms with Gasteiger partial charge >= 0.3 is 6.61 Å². The lowest BCUT2D eigenvalue weighted by Gasteiger charge is -2.17. The number of nitrogens with zero attached hydrogens (tertiary/aromatic N) is 3. The molecule has 1 N–H and O–H groups in total. The highest BCUT2D eigenvalue weighted by molar-refractivity contribution is 5.64. The van der Waals surface area contributed by atoms with Gasteiger partial charge in [0.2, 0.25) is 0 Å². The van der Waals surface area contributed by atoms with E-state index < -0.39 is 6.61 Å². The van der Waals surface area contributed by atoms with E-state index in [4.69, 9.17) is 0 Å². The van der Waals surface area contributed by atoms with Gasteiger partial charge in [0.05, 0.1) is 12.1 Å². The van der Waals surface area contributed by atoms with Crippen molar-refractivity contribution in [2.75, 3.05) is 6.54 Å². The normalized spacial score (nSPS) is 14.5. The van der Waals surface area contributed by atoms with Gasteiger partial charge in [-0.05, 0) is 12.1 Å². The van der Waals surface area contributed by atoms with Gasteiger partial charge in [-0.3, -0.25) is 0 Å². The molecule has 19 heavy (non-hydrogen) atoms. The molecule has 1 aliphatic rings. The molecule has 0 atom stereocenters. The predicted molar refractivity (Wildman–Crippen MR) is 63.8 cm³/mol. The van der Waals surface area contributed by atoms with Crippen LogP contribution in [0.3, 0.4) is 0 Å². The van der Waals surface area contributed by atoms with E-state index in [1.54, 1.807) is 18.2 Å². The Kier molecular flexibility index (Phi) is 3.12. The lowest BCUT2D eigenvalue weighted by Crippen LogP contribution is -2.28. The molecule has 0 spiro atoms. The maximum atomic E-state index is 12.4. The number of fused-ring (bicyclic) bond motifs is 1. The van der Waals surface area contributed by atoms with Gasteiger partial charge < -0.3 is 14.6 Å². The maximum Gasteiger partial charge on any atom is 0.387 e. The number of hydrogen-bond donors (Lipinski definition) is 1. The molecular weight excluding hydrogens is 254 g/mol. The van der Waals surface area contributed by atoms with Crippen LogP contribution in [0.2, 0.25) is 0 Å². The minimum Gasteiger partial charge on any atom is -0.434 e. The van der Waals surface area contributed by atoms with Crippen LogP contribution in [0.15, 0.2) is 24.3 Å². The topological polar surface area (TPSA) is 52.0 Å². The van der Waals surface area contributed by atoms with E-state index in [-0.39, 0.29) is 5.75 Å². The molecule has 1 aliphatic heterocycles. The Morgan fingerprint density at radius 3 is 2.95 bits per heavy atom. The third kappa shape index (κ3) is 2.28. The molecule has 0 saturated carbocycles. The van der Waals surface area contributed by atoms with Crippen molar-refractivity contribution in [1.82, 2.24) is 20.1 Å². The highest BCUT2D eigenvalue weighted by Gasteiger charge is 2.20. The van der Waals surface area contributed by atoms with Crippen molar-refractivity contribution in [3.63, 3.8) is 0 Å². The molecule has 0 bridgehead atoms. The van der Waals surface area contributed by atoms with Gasteiger partial charge in [-0.15, -0.1) is 10.2 Å². The van der Waals surface area contributed by atoms with Crippen LogP contribution in [0.4, 0.5) is 8.78 Å². The van der Waals surface area contributed by atoms with Crippen LogP contribution in [0, 0.1) is 0 Å². The van der Waals surface area contributed by atoms with E-state index in [1.807, 2.05) is 4.57 Å². The number of halogens is 2. The largest absolute Gasteiger partial charge is 0.434 e. The standard InChI is InChI=1S/C12H12F2N4O/c13-12(14)19-9-4-2-1-3-8(9)11-17-16-10-7-15-5-6-18(10)11/h1-4,12,15H,5-7H2. The van der Waals surface area contributed by atoms with Gasteiger partial charge in [0.25, 0.3) is 0 Å². The summed E-state index contributed by atoms with van der Waals surface area (Å²) >= 11 is 0. The number of alkyl halides is 2. The van der Waals surface area contributed by atoms with Gasteiger partial charge in [0.1, 0.15) is 11.6 Å². The molecule has 5 nitrogen and oxygen atoms in total. The van der Waals surface area contributed by atoms with E-state index in [2.05, 4.69) is 20.3 Å². The Labute approximate surface area is 108 Å². The first kappa shape index (κ1) is 12.0. The molecule has 2 heterocycles. The summed E-state index contributed by atoms with van der Waals surface area (Å²) in [6, 6.07) is 6.62. The average Bonchev–Trinajstić information content (AvgIpc) is 2.82. The fourth-order valence-electron chi connectivity index (χ4n) is 2.14. The molecule has 1 aromatic carbocycles. The molecule has 3 rings (SSSR count). The third-order valence-electron chi connectivity index (χ3n) is 2.97. The molecule has 100 valence electrons. The van der Waals surface area contributed by atoms with E-state index in [0.717, 1.165) is 12.4 Å². The summed E-state index contributed by atoms with van der Waals surface area (Å²) in [5, 5.41) is 11.3. The zero-order valence-corrected chi connectivity index (χ0v) is 10.0. The number of ether oxygens (including phenoxy) is 1. The number of hydrogen-bond acceptors (Lipinski definition) is 4. The van der Waals surface area contributed by atoms with Crippen LogP contribution in [-0.2, 0) is 13.1 Å². The average molecular weight is 266 g/mol. The van der Waals surface area contributed by atoms with Gasteiger partial charge in [0, 0.05) is 13.1 Å². The van der Waals surface area contributed by atoms with Crippen LogP contribution in [0.25, 0.3) is 11.4 Å². The van der Waals surface area contributed by atoms with E-state index in [9.17, 15) is 8.78 Å². The van der Waals surface area contributed by atoms with E-state index in [1.165, 1.54) is 6.07 Å². The van der Waals surface area contributed by atoms with E-state index >= 15 is 0 Å². The summed E-state index contributed by atoms with van der Waals surface area (Å²) in [5.74, 6) is 1.48. The third-order valence-corrected chi connectivity index (χ3v) is 2.97. The van der Waals surface area contributed by atoms with Gasteiger partial charge in [-0.1, -0.05) is 12.1 Å². The first-order chi connectivity index (χ1) is 9.25. The minimum absolute atomic E-state index is 0.117. The number of benzene rings is 1. The minimum atomic E-state index is -2.86. The van der Waals surface area contributed by atoms with Crippen LogP contribution in [0.1, 0.15) is 5.82 Å². The predicted octanol–water partition coefficient (Wildman–Crippen LogP) is 1.65. The Hall–Kier alpha value is -2.02. The second-order valence-corrected chi connectivity index (χ2v) is 4.14. The first-order valence-electron chi connectivity index (χ1n) is 5.92. The van der Waals surface area contributed by atoms with Gasteiger partial charge in [0.15, 0.2) is 5.82 Å². The summed E-state index contributed by atoms with van der Waals surface area (Å²) in [7, 11) is 0. The molecular formula is C12H12F2N4O. The second-order valence-electron chi connectivity index (χ2n) is 4.14. The molecule has 7 heteroatoms. The SMILES string of the molecule is FC(F)Oc1ccccc1-c1nnc2n1CCNC2. The lowest BCUT2D eigenvalue weighted by molar-refractivity contribution is -0.0494. The number of aromatic nitrogens is 3. The van der Waals surface area contributed by atoms with Crippen LogP contribution >= 0.6 is 0 Å². The fraction of sp³-hybridized carbons (Fsp3) is 0.333. The zero-order chi connectivity index (χ0) is 13.2. The van der Waals surface area contributed by atoms with Crippen molar-refractivity contribution in [1.29, 1.82) is 0 Å². The van der Waals surface area contributed by atoms with Crippen molar-refractivity contribution in [2.24, 2.45) is 0 Å². The first-order valence-corrected chi connectivity index (χ1v) is 5.92. The maximum absolute atomic E-state index is 12.4. The van der Waals surface area contributed by atoms with Gasteiger partial charge in [-0.25, -0.2) is 0 Å². The number of rotatable bonds is 3. The molecule has 0 amide bonds. The fourth-order valence-corrected chi connectivity index (χ4v) is 2.14. The quantitative estimate of drug-likeness (QED) is 0.917. The van der Waals surface area contributed by atoms with Gasteiger partial charge in [-0.2, -0.15) is 8.78 Å². The van der Waals surface area contributed by atoms with Crippen molar-refractivity contribution >= 4 is 0 Å². The Morgan fingerprint density at radius 1 is 1.26 bits per heavy atom. The lowest BCUT2D eigenvalue weighted by atomic mass is 10.2.